The zero-order valence-electron chi connectivity index (χ0n) is 8.72. The van der Waals surface area contributed by atoms with E-state index in [1.54, 1.807) is 0 Å². The van der Waals surface area contributed by atoms with Gasteiger partial charge >= 0.3 is 0 Å². The Labute approximate surface area is 85.7 Å². The van der Waals surface area contributed by atoms with Gasteiger partial charge in [0.05, 0.1) is 0 Å². The average Bonchev–Trinajstić information content (AvgIpc) is 2.23. The number of piperazine rings is 1. The summed E-state index contributed by atoms with van der Waals surface area (Å²) in [6, 6.07) is 9.43. The number of rotatable bonds is 2. The van der Waals surface area contributed by atoms with Crippen LogP contribution >= 0.6 is 0 Å². The molecule has 2 N–H and O–H groups in total. The van der Waals surface area contributed by atoms with E-state index in [2.05, 4.69) is 41.8 Å². The zero-order valence-corrected chi connectivity index (χ0v) is 8.72. The molecule has 2 rings (SSSR count). The second kappa shape index (κ2) is 4.58. The van der Waals surface area contributed by atoms with Gasteiger partial charge in [-0.25, -0.2) is 0 Å². The lowest BCUT2D eigenvalue weighted by Crippen LogP contribution is -2.49. The van der Waals surface area contributed by atoms with Gasteiger partial charge < -0.3 is 10.6 Å². The van der Waals surface area contributed by atoms with Crippen molar-refractivity contribution in [2.24, 2.45) is 0 Å². The van der Waals surface area contributed by atoms with Gasteiger partial charge in [-0.3, -0.25) is 0 Å². The molecular weight excluding hydrogens is 172 g/mol. The van der Waals surface area contributed by atoms with E-state index in [1.165, 1.54) is 11.1 Å². The molecule has 0 amide bonds. The van der Waals surface area contributed by atoms with Crippen molar-refractivity contribution in [2.45, 2.75) is 19.4 Å². The first-order valence-corrected chi connectivity index (χ1v) is 5.34. The van der Waals surface area contributed by atoms with E-state index in [9.17, 15) is 0 Å². The number of aryl methyl sites for hydroxylation is 1. The van der Waals surface area contributed by atoms with Crippen LogP contribution in [0.3, 0.4) is 0 Å². The van der Waals surface area contributed by atoms with E-state index in [1.807, 2.05) is 0 Å². The Hall–Kier alpha value is -0.860. The molecule has 1 aliphatic rings. The van der Waals surface area contributed by atoms with Crippen LogP contribution in [0.1, 0.15) is 11.1 Å². The Morgan fingerprint density at radius 3 is 2.64 bits per heavy atom. The van der Waals surface area contributed by atoms with Crippen molar-refractivity contribution < 1.29 is 0 Å². The third-order valence-corrected chi connectivity index (χ3v) is 2.73. The highest BCUT2D eigenvalue weighted by molar-refractivity contribution is 5.22. The molecule has 0 saturated carbocycles. The minimum absolute atomic E-state index is 0.603. The molecule has 0 unspecified atom stereocenters. The molecule has 1 saturated heterocycles. The van der Waals surface area contributed by atoms with E-state index >= 15 is 0 Å². The molecule has 0 bridgehead atoms. The summed E-state index contributed by atoms with van der Waals surface area (Å²) in [5.74, 6) is 0. The summed E-state index contributed by atoms with van der Waals surface area (Å²) in [4.78, 5) is 0. The number of benzene rings is 1. The van der Waals surface area contributed by atoms with Crippen molar-refractivity contribution in [2.75, 3.05) is 19.6 Å². The molecule has 1 aliphatic heterocycles. The molecular formula is C12H18N2. The zero-order chi connectivity index (χ0) is 9.80. The largest absolute Gasteiger partial charge is 0.314 e. The van der Waals surface area contributed by atoms with Crippen LogP contribution in [0.4, 0.5) is 0 Å². The quantitative estimate of drug-likeness (QED) is 0.729. The van der Waals surface area contributed by atoms with Crippen molar-refractivity contribution >= 4 is 0 Å². The van der Waals surface area contributed by atoms with Gasteiger partial charge in [0.25, 0.3) is 0 Å². The first-order valence-electron chi connectivity index (χ1n) is 5.34. The summed E-state index contributed by atoms with van der Waals surface area (Å²) in [5.41, 5.74) is 2.76. The van der Waals surface area contributed by atoms with E-state index in [4.69, 9.17) is 0 Å². The molecule has 1 heterocycles. The monoisotopic (exact) mass is 190 g/mol. The van der Waals surface area contributed by atoms with Crippen LogP contribution in [0.25, 0.3) is 0 Å². The third-order valence-electron chi connectivity index (χ3n) is 2.73. The van der Waals surface area contributed by atoms with Crippen LogP contribution in [-0.4, -0.2) is 25.7 Å². The highest BCUT2D eigenvalue weighted by Gasteiger charge is 2.11. The summed E-state index contributed by atoms with van der Waals surface area (Å²) in [7, 11) is 0. The lowest BCUT2D eigenvalue weighted by atomic mass is 10.0. The minimum atomic E-state index is 0.603. The minimum Gasteiger partial charge on any atom is -0.314 e. The van der Waals surface area contributed by atoms with Crippen LogP contribution < -0.4 is 10.6 Å². The Bertz CT molecular complexity index is 273. The molecule has 2 nitrogen and oxygen atoms in total. The highest BCUT2D eigenvalue weighted by atomic mass is 15.0. The van der Waals surface area contributed by atoms with Crippen molar-refractivity contribution in [3.63, 3.8) is 0 Å². The van der Waals surface area contributed by atoms with Crippen LogP contribution in [0.2, 0.25) is 0 Å². The maximum atomic E-state index is 3.52. The maximum Gasteiger partial charge on any atom is 0.0233 e. The number of hydrogen-bond donors (Lipinski definition) is 2. The van der Waals surface area contributed by atoms with E-state index < -0.39 is 0 Å². The van der Waals surface area contributed by atoms with Gasteiger partial charge in [-0.15, -0.1) is 0 Å². The molecule has 14 heavy (non-hydrogen) atoms. The fourth-order valence-electron chi connectivity index (χ4n) is 1.87. The lowest BCUT2D eigenvalue weighted by Gasteiger charge is -2.24. The molecule has 76 valence electrons. The fourth-order valence-corrected chi connectivity index (χ4v) is 1.87. The molecule has 1 atom stereocenters. The SMILES string of the molecule is Cc1ccc(C[C@@H]2CNCCN2)cc1. The summed E-state index contributed by atoms with van der Waals surface area (Å²) >= 11 is 0. The molecule has 0 aliphatic carbocycles. The van der Waals surface area contributed by atoms with Gasteiger partial charge in [-0.1, -0.05) is 29.8 Å². The van der Waals surface area contributed by atoms with E-state index in [0.29, 0.717) is 6.04 Å². The molecule has 1 aromatic carbocycles. The van der Waals surface area contributed by atoms with Gasteiger partial charge in [0.1, 0.15) is 0 Å². The summed E-state index contributed by atoms with van der Waals surface area (Å²) in [6.07, 6.45) is 1.13. The van der Waals surface area contributed by atoms with Crippen molar-refractivity contribution in [1.82, 2.24) is 10.6 Å². The predicted molar refractivity (Wildman–Crippen MR) is 59.5 cm³/mol. The molecule has 0 aromatic heterocycles. The Kier molecular flexibility index (Phi) is 3.17. The average molecular weight is 190 g/mol. The van der Waals surface area contributed by atoms with Crippen molar-refractivity contribution in [1.29, 1.82) is 0 Å². The Morgan fingerprint density at radius 1 is 1.21 bits per heavy atom. The van der Waals surface area contributed by atoms with Gasteiger partial charge in [0, 0.05) is 25.7 Å². The maximum absolute atomic E-state index is 3.52. The van der Waals surface area contributed by atoms with E-state index in [-0.39, 0.29) is 0 Å². The van der Waals surface area contributed by atoms with Gasteiger partial charge in [0.2, 0.25) is 0 Å². The predicted octanol–water partition coefficient (Wildman–Crippen LogP) is 1.10. The van der Waals surface area contributed by atoms with Crippen molar-refractivity contribution in [3.05, 3.63) is 35.4 Å². The lowest BCUT2D eigenvalue weighted by molar-refractivity contribution is 0.416. The fraction of sp³-hybridized carbons (Fsp3) is 0.500. The van der Waals surface area contributed by atoms with Crippen LogP contribution in [0.5, 0.6) is 0 Å². The van der Waals surface area contributed by atoms with Crippen molar-refractivity contribution in [3.8, 4) is 0 Å². The van der Waals surface area contributed by atoms with Gasteiger partial charge in [0.15, 0.2) is 0 Å². The van der Waals surface area contributed by atoms with Crippen LogP contribution in [0.15, 0.2) is 24.3 Å². The Morgan fingerprint density at radius 2 is 2.00 bits per heavy atom. The number of hydrogen-bond acceptors (Lipinski definition) is 2. The summed E-state index contributed by atoms with van der Waals surface area (Å²) < 4.78 is 0. The summed E-state index contributed by atoms with van der Waals surface area (Å²) in [5, 5.41) is 6.92. The van der Waals surface area contributed by atoms with Gasteiger partial charge in [-0.05, 0) is 18.9 Å². The summed E-state index contributed by atoms with van der Waals surface area (Å²) in [6.45, 7) is 5.42. The van der Waals surface area contributed by atoms with Crippen LogP contribution in [-0.2, 0) is 6.42 Å². The smallest absolute Gasteiger partial charge is 0.0233 e. The molecule has 0 spiro atoms. The normalized spacial score (nSPS) is 22.2. The standard InChI is InChI=1S/C12H18N2/c1-10-2-4-11(5-3-10)8-12-9-13-6-7-14-12/h2-5,12-14H,6-9H2,1H3/t12-/m1/s1. The second-order valence-electron chi connectivity index (χ2n) is 4.04. The first-order chi connectivity index (χ1) is 6.84. The molecule has 2 heteroatoms. The van der Waals surface area contributed by atoms with Gasteiger partial charge in [-0.2, -0.15) is 0 Å². The third kappa shape index (κ3) is 2.56. The van der Waals surface area contributed by atoms with Crippen LogP contribution in [0, 0.1) is 6.92 Å². The Balaban J connectivity index is 1.92. The molecule has 1 fully saturated rings. The molecule has 0 radical (unpaired) electrons. The number of nitrogens with one attached hydrogen (secondary N) is 2. The molecule has 1 aromatic rings. The van der Waals surface area contributed by atoms with E-state index in [0.717, 1.165) is 26.1 Å². The highest BCUT2D eigenvalue weighted by Crippen LogP contribution is 2.06. The first kappa shape index (κ1) is 9.69. The second-order valence-corrected chi connectivity index (χ2v) is 4.04. The topological polar surface area (TPSA) is 24.1 Å².